The summed E-state index contributed by atoms with van der Waals surface area (Å²) >= 11 is 10.2. The van der Waals surface area contributed by atoms with Crippen LogP contribution in [0.3, 0.4) is 0 Å². The smallest absolute Gasteiger partial charge is 0.349 e. The Kier molecular flexibility index (Phi) is 4.96. The van der Waals surface area contributed by atoms with Gasteiger partial charge in [-0.05, 0) is 31.2 Å². The van der Waals surface area contributed by atoms with Gasteiger partial charge in [0, 0.05) is 10.0 Å². The van der Waals surface area contributed by atoms with E-state index in [9.17, 15) is 9.59 Å². The van der Waals surface area contributed by atoms with Crippen molar-refractivity contribution in [3.05, 3.63) is 55.6 Å². The van der Waals surface area contributed by atoms with Gasteiger partial charge in [-0.2, -0.15) is 0 Å². The molecule has 6 heteroatoms. The van der Waals surface area contributed by atoms with E-state index in [2.05, 4.69) is 15.9 Å². The highest BCUT2D eigenvalue weighted by atomic mass is 79.9. The molecule has 20 heavy (non-hydrogen) atoms. The van der Waals surface area contributed by atoms with Crippen molar-refractivity contribution in [2.45, 2.75) is 13.0 Å². The molecule has 0 spiro atoms. The van der Waals surface area contributed by atoms with Gasteiger partial charge in [0.25, 0.3) is 0 Å². The minimum atomic E-state index is -0.843. The fourth-order valence-electron chi connectivity index (χ4n) is 1.55. The van der Waals surface area contributed by atoms with Crippen molar-refractivity contribution in [2.24, 2.45) is 0 Å². The van der Waals surface area contributed by atoms with E-state index in [0.29, 0.717) is 14.8 Å². The third kappa shape index (κ3) is 3.69. The summed E-state index contributed by atoms with van der Waals surface area (Å²) in [6.45, 7) is 1.55. The summed E-state index contributed by atoms with van der Waals surface area (Å²) in [5, 5.41) is 0. The van der Waals surface area contributed by atoms with E-state index in [0.717, 1.165) is 15.8 Å². The van der Waals surface area contributed by atoms with Crippen LogP contribution in [0, 0.1) is 0 Å². The number of hydrogen-bond acceptors (Lipinski definition) is 4. The standard InChI is InChI=1S/C14H10BrClO3S/c1-8(13(17)9-2-4-10(15)5-3-9)19-14(18)11-6-7-12(16)20-11/h2-8H,1H3/t8-/m1/s1. The van der Waals surface area contributed by atoms with E-state index < -0.39 is 12.1 Å². The second-order valence-electron chi connectivity index (χ2n) is 4.02. The van der Waals surface area contributed by atoms with E-state index in [1.165, 1.54) is 0 Å². The SMILES string of the molecule is C[C@@H](OC(=O)c1ccc(Cl)s1)C(=O)c1ccc(Br)cc1. The van der Waals surface area contributed by atoms with Crippen LogP contribution in [-0.2, 0) is 4.74 Å². The van der Waals surface area contributed by atoms with Crippen molar-refractivity contribution in [3.63, 3.8) is 0 Å². The highest BCUT2D eigenvalue weighted by Crippen LogP contribution is 2.22. The number of halogens is 2. The number of Topliss-reactive ketones (excluding diaryl/α,β-unsaturated/α-hetero) is 1. The van der Waals surface area contributed by atoms with Gasteiger partial charge in [0.15, 0.2) is 6.10 Å². The van der Waals surface area contributed by atoms with Gasteiger partial charge in [0.05, 0.1) is 4.34 Å². The summed E-state index contributed by atoms with van der Waals surface area (Å²) in [6, 6.07) is 10.1. The molecular formula is C14H10BrClO3S. The molecule has 0 radical (unpaired) electrons. The average Bonchev–Trinajstić information content (AvgIpc) is 2.85. The predicted molar refractivity (Wildman–Crippen MR) is 82.7 cm³/mol. The topological polar surface area (TPSA) is 43.4 Å². The van der Waals surface area contributed by atoms with Crippen molar-refractivity contribution in [3.8, 4) is 0 Å². The highest BCUT2D eigenvalue weighted by Gasteiger charge is 2.21. The van der Waals surface area contributed by atoms with Crippen molar-refractivity contribution in [1.29, 1.82) is 0 Å². The molecule has 1 aromatic heterocycles. The Morgan fingerprint density at radius 2 is 1.85 bits per heavy atom. The van der Waals surface area contributed by atoms with Gasteiger partial charge >= 0.3 is 5.97 Å². The maximum Gasteiger partial charge on any atom is 0.349 e. The van der Waals surface area contributed by atoms with Crippen LogP contribution in [0.1, 0.15) is 27.0 Å². The van der Waals surface area contributed by atoms with Gasteiger partial charge in [-0.25, -0.2) is 4.79 Å². The molecule has 3 nitrogen and oxygen atoms in total. The molecule has 0 aliphatic rings. The number of carbonyl (C=O) groups excluding carboxylic acids is 2. The highest BCUT2D eigenvalue weighted by molar-refractivity contribution is 9.10. The molecule has 0 saturated carbocycles. The average molecular weight is 374 g/mol. The normalized spacial score (nSPS) is 11.9. The lowest BCUT2D eigenvalue weighted by Gasteiger charge is -2.11. The van der Waals surface area contributed by atoms with Gasteiger partial charge in [-0.3, -0.25) is 4.79 Å². The van der Waals surface area contributed by atoms with E-state index in [1.54, 1.807) is 43.3 Å². The van der Waals surface area contributed by atoms with Crippen LogP contribution in [0.15, 0.2) is 40.9 Å². The van der Waals surface area contributed by atoms with Crippen LogP contribution in [0.25, 0.3) is 0 Å². The van der Waals surface area contributed by atoms with E-state index in [1.807, 2.05) is 0 Å². The van der Waals surface area contributed by atoms with Crippen LogP contribution in [0.4, 0.5) is 0 Å². The Bertz CT molecular complexity index is 636. The summed E-state index contributed by atoms with van der Waals surface area (Å²) in [5.41, 5.74) is 0.498. The fourth-order valence-corrected chi connectivity index (χ4v) is 2.74. The van der Waals surface area contributed by atoms with E-state index >= 15 is 0 Å². The Hall–Kier alpha value is -1.17. The minimum absolute atomic E-state index is 0.242. The molecule has 1 atom stereocenters. The van der Waals surface area contributed by atoms with Gasteiger partial charge in [0.1, 0.15) is 4.88 Å². The molecule has 0 aliphatic heterocycles. The number of ether oxygens (including phenoxy) is 1. The summed E-state index contributed by atoms with van der Waals surface area (Å²) in [4.78, 5) is 24.3. The van der Waals surface area contributed by atoms with Crippen molar-refractivity contribution in [1.82, 2.24) is 0 Å². The number of esters is 1. The molecule has 0 saturated heterocycles. The monoisotopic (exact) mass is 372 g/mol. The Morgan fingerprint density at radius 1 is 1.20 bits per heavy atom. The summed E-state index contributed by atoms with van der Waals surface area (Å²) in [5.74, 6) is -0.784. The second-order valence-corrected chi connectivity index (χ2v) is 6.65. The second kappa shape index (κ2) is 6.52. The Labute approximate surface area is 133 Å². The first-order valence-corrected chi connectivity index (χ1v) is 7.72. The maximum absolute atomic E-state index is 12.1. The van der Waals surface area contributed by atoms with E-state index in [4.69, 9.17) is 16.3 Å². The fraction of sp³-hybridized carbons (Fsp3) is 0.143. The lowest BCUT2D eigenvalue weighted by Crippen LogP contribution is -2.24. The molecule has 0 N–H and O–H groups in total. The molecule has 0 amide bonds. The third-order valence-electron chi connectivity index (χ3n) is 2.56. The molecule has 1 heterocycles. The van der Waals surface area contributed by atoms with Gasteiger partial charge in [0.2, 0.25) is 5.78 Å². The van der Waals surface area contributed by atoms with Gasteiger partial charge in [-0.1, -0.05) is 39.7 Å². The number of rotatable bonds is 4. The molecule has 0 bridgehead atoms. The lowest BCUT2D eigenvalue weighted by atomic mass is 10.1. The Morgan fingerprint density at radius 3 is 2.40 bits per heavy atom. The summed E-state index contributed by atoms with van der Waals surface area (Å²) in [6.07, 6.45) is -0.843. The van der Waals surface area contributed by atoms with Crippen LogP contribution in [0.2, 0.25) is 4.34 Å². The summed E-state index contributed by atoms with van der Waals surface area (Å²) < 4.78 is 6.53. The first-order chi connectivity index (χ1) is 9.47. The van der Waals surface area contributed by atoms with Crippen molar-refractivity contribution < 1.29 is 14.3 Å². The molecule has 0 aliphatic carbocycles. The number of benzene rings is 1. The number of carbonyl (C=O) groups is 2. The van der Waals surface area contributed by atoms with Crippen LogP contribution >= 0.6 is 38.9 Å². The quantitative estimate of drug-likeness (QED) is 0.581. The molecular weight excluding hydrogens is 364 g/mol. The minimum Gasteiger partial charge on any atom is -0.450 e. The van der Waals surface area contributed by atoms with Crippen molar-refractivity contribution in [2.75, 3.05) is 0 Å². The predicted octanol–water partition coefficient (Wildman–Crippen LogP) is 4.59. The molecule has 0 unspecified atom stereocenters. The number of hydrogen-bond donors (Lipinski definition) is 0. The zero-order valence-electron chi connectivity index (χ0n) is 10.4. The van der Waals surface area contributed by atoms with Gasteiger partial charge in [-0.15, -0.1) is 11.3 Å². The molecule has 1 aromatic carbocycles. The third-order valence-corrected chi connectivity index (χ3v) is 4.30. The molecule has 2 rings (SSSR count). The first kappa shape index (κ1) is 15.2. The molecule has 2 aromatic rings. The zero-order chi connectivity index (χ0) is 14.7. The Balaban J connectivity index is 2.04. The molecule has 104 valence electrons. The van der Waals surface area contributed by atoms with Gasteiger partial charge < -0.3 is 4.74 Å². The van der Waals surface area contributed by atoms with Crippen LogP contribution in [0.5, 0.6) is 0 Å². The number of ketones is 1. The number of thiophene rings is 1. The summed E-state index contributed by atoms with van der Waals surface area (Å²) in [7, 11) is 0. The van der Waals surface area contributed by atoms with Crippen molar-refractivity contribution >= 4 is 50.6 Å². The first-order valence-electron chi connectivity index (χ1n) is 5.73. The largest absolute Gasteiger partial charge is 0.450 e. The van der Waals surface area contributed by atoms with Crippen LogP contribution in [-0.4, -0.2) is 17.9 Å². The molecule has 0 fully saturated rings. The zero-order valence-corrected chi connectivity index (χ0v) is 13.6. The van der Waals surface area contributed by atoms with E-state index in [-0.39, 0.29) is 5.78 Å². The lowest BCUT2D eigenvalue weighted by molar-refractivity contribution is 0.0323. The maximum atomic E-state index is 12.1. The van der Waals surface area contributed by atoms with Crippen LogP contribution < -0.4 is 0 Å².